The normalized spacial score (nSPS) is 12.1. The van der Waals surface area contributed by atoms with Gasteiger partial charge >= 0.3 is 0 Å². The summed E-state index contributed by atoms with van der Waals surface area (Å²) in [4.78, 5) is 2.15. The molecule has 2 N–H and O–H groups in total. The summed E-state index contributed by atoms with van der Waals surface area (Å²) in [6, 6.07) is 18.1. The van der Waals surface area contributed by atoms with Crippen molar-refractivity contribution in [2.45, 2.75) is 12.6 Å². The van der Waals surface area contributed by atoms with Crippen molar-refractivity contribution in [3.8, 4) is 5.75 Å². The molecule has 1 atom stereocenters. The minimum absolute atomic E-state index is 0.0368. The molecule has 0 amide bonds. The van der Waals surface area contributed by atoms with Crippen LogP contribution in [0.4, 0.5) is 0 Å². The smallest absolute Gasteiger partial charge is 0.120 e. The fourth-order valence-corrected chi connectivity index (χ4v) is 2.31. The van der Waals surface area contributed by atoms with Crippen molar-refractivity contribution in [2.75, 3.05) is 20.1 Å². The summed E-state index contributed by atoms with van der Waals surface area (Å²) >= 11 is 0. The van der Waals surface area contributed by atoms with Gasteiger partial charge in [0.25, 0.3) is 0 Å². The predicted molar refractivity (Wildman–Crippen MR) is 91.8 cm³/mol. The van der Waals surface area contributed by atoms with Gasteiger partial charge in [-0.2, -0.15) is 0 Å². The van der Waals surface area contributed by atoms with Gasteiger partial charge in [-0.25, -0.2) is 0 Å². The first-order chi connectivity index (χ1) is 10.7. The first-order valence-corrected chi connectivity index (χ1v) is 7.50. The Kier molecular flexibility index (Phi) is 6.19. The van der Waals surface area contributed by atoms with Gasteiger partial charge in [-0.3, -0.25) is 0 Å². The molecule has 116 valence electrons. The SMILES string of the molecule is C=CCN(C)CC(N)c1cccc(OCc2ccccc2)c1. The molecule has 0 bridgehead atoms. The van der Waals surface area contributed by atoms with E-state index in [9.17, 15) is 0 Å². The van der Waals surface area contributed by atoms with Gasteiger partial charge < -0.3 is 15.4 Å². The Morgan fingerprint density at radius 3 is 2.68 bits per heavy atom. The summed E-state index contributed by atoms with van der Waals surface area (Å²) in [6.07, 6.45) is 1.88. The number of likely N-dealkylation sites (N-methyl/N-ethyl adjacent to an activating group) is 1. The highest BCUT2D eigenvalue weighted by molar-refractivity contribution is 5.31. The van der Waals surface area contributed by atoms with E-state index in [1.165, 1.54) is 0 Å². The van der Waals surface area contributed by atoms with E-state index in [0.29, 0.717) is 6.61 Å². The molecular weight excluding hydrogens is 272 g/mol. The number of nitrogens with zero attached hydrogens (tertiary/aromatic N) is 1. The third-order valence-corrected chi connectivity index (χ3v) is 3.48. The van der Waals surface area contributed by atoms with Gasteiger partial charge in [0, 0.05) is 19.1 Å². The van der Waals surface area contributed by atoms with Crippen LogP contribution in [0.2, 0.25) is 0 Å². The van der Waals surface area contributed by atoms with Gasteiger partial charge in [0.2, 0.25) is 0 Å². The summed E-state index contributed by atoms with van der Waals surface area (Å²) in [5, 5.41) is 0. The second kappa shape index (κ2) is 8.37. The van der Waals surface area contributed by atoms with Crippen molar-refractivity contribution in [3.05, 3.63) is 78.4 Å². The topological polar surface area (TPSA) is 38.5 Å². The molecule has 0 aliphatic carbocycles. The lowest BCUT2D eigenvalue weighted by Gasteiger charge is -2.20. The van der Waals surface area contributed by atoms with Crippen molar-refractivity contribution < 1.29 is 4.74 Å². The number of ether oxygens (including phenoxy) is 1. The van der Waals surface area contributed by atoms with Gasteiger partial charge in [0.1, 0.15) is 12.4 Å². The molecule has 3 heteroatoms. The van der Waals surface area contributed by atoms with Crippen LogP contribution >= 0.6 is 0 Å². The first-order valence-electron chi connectivity index (χ1n) is 7.50. The molecule has 0 aromatic heterocycles. The van der Waals surface area contributed by atoms with Gasteiger partial charge in [0.05, 0.1) is 0 Å². The molecule has 0 fully saturated rings. The van der Waals surface area contributed by atoms with E-state index in [2.05, 4.69) is 23.6 Å². The zero-order valence-electron chi connectivity index (χ0n) is 13.1. The molecule has 2 rings (SSSR count). The summed E-state index contributed by atoms with van der Waals surface area (Å²) in [7, 11) is 2.04. The molecule has 22 heavy (non-hydrogen) atoms. The minimum Gasteiger partial charge on any atom is -0.489 e. The Bertz CT molecular complexity index is 583. The molecule has 0 heterocycles. The zero-order valence-corrected chi connectivity index (χ0v) is 13.1. The van der Waals surface area contributed by atoms with E-state index in [-0.39, 0.29) is 6.04 Å². The Balaban J connectivity index is 1.95. The van der Waals surface area contributed by atoms with Crippen molar-refractivity contribution in [2.24, 2.45) is 5.73 Å². The van der Waals surface area contributed by atoms with Crippen LogP contribution in [0.25, 0.3) is 0 Å². The Hall–Kier alpha value is -2.10. The maximum atomic E-state index is 6.27. The van der Waals surface area contributed by atoms with Crippen molar-refractivity contribution >= 4 is 0 Å². The van der Waals surface area contributed by atoms with Crippen LogP contribution in [-0.4, -0.2) is 25.0 Å². The zero-order chi connectivity index (χ0) is 15.8. The highest BCUT2D eigenvalue weighted by atomic mass is 16.5. The van der Waals surface area contributed by atoms with Crippen molar-refractivity contribution in [3.63, 3.8) is 0 Å². The Morgan fingerprint density at radius 2 is 1.95 bits per heavy atom. The molecule has 0 saturated heterocycles. The van der Waals surface area contributed by atoms with Gasteiger partial charge in [-0.05, 0) is 30.3 Å². The molecule has 0 aliphatic rings. The molecule has 1 unspecified atom stereocenters. The first kappa shape index (κ1) is 16.3. The van der Waals surface area contributed by atoms with Crippen LogP contribution in [-0.2, 0) is 6.61 Å². The van der Waals surface area contributed by atoms with Crippen LogP contribution in [0.1, 0.15) is 17.2 Å². The van der Waals surface area contributed by atoms with E-state index in [1.807, 2.05) is 55.6 Å². The molecular formula is C19H24N2O. The van der Waals surface area contributed by atoms with Crippen LogP contribution in [0.5, 0.6) is 5.75 Å². The minimum atomic E-state index is -0.0368. The van der Waals surface area contributed by atoms with Crippen LogP contribution < -0.4 is 10.5 Å². The quantitative estimate of drug-likeness (QED) is 0.759. The van der Waals surface area contributed by atoms with Crippen LogP contribution in [0, 0.1) is 0 Å². The van der Waals surface area contributed by atoms with E-state index in [4.69, 9.17) is 10.5 Å². The van der Waals surface area contributed by atoms with E-state index >= 15 is 0 Å². The standard InChI is InChI=1S/C19H24N2O/c1-3-12-21(2)14-19(20)17-10-7-11-18(13-17)22-15-16-8-5-4-6-9-16/h3-11,13,19H,1,12,14-15,20H2,2H3. The summed E-state index contributed by atoms with van der Waals surface area (Å²) < 4.78 is 5.85. The summed E-state index contributed by atoms with van der Waals surface area (Å²) in [6.45, 7) is 5.93. The lowest BCUT2D eigenvalue weighted by molar-refractivity contribution is 0.304. The summed E-state index contributed by atoms with van der Waals surface area (Å²) in [5.41, 5.74) is 8.51. The largest absolute Gasteiger partial charge is 0.489 e. The second-order valence-corrected chi connectivity index (χ2v) is 5.46. The number of rotatable bonds is 8. The van der Waals surface area contributed by atoms with E-state index in [1.54, 1.807) is 0 Å². The predicted octanol–water partition coefficient (Wildman–Crippen LogP) is 3.38. The second-order valence-electron chi connectivity index (χ2n) is 5.46. The van der Waals surface area contributed by atoms with Crippen molar-refractivity contribution in [1.82, 2.24) is 4.90 Å². The number of hydrogen-bond donors (Lipinski definition) is 1. The van der Waals surface area contributed by atoms with E-state index < -0.39 is 0 Å². The molecule has 0 radical (unpaired) electrons. The molecule has 0 saturated carbocycles. The van der Waals surface area contributed by atoms with Gasteiger partial charge in [-0.1, -0.05) is 48.5 Å². The Labute approximate surface area is 133 Å². The fourth-order valence-electron chi connectivity index (χ4n) is 2.31. The number of nitrogens with two attached hydrogens (primary N) is 1. The van der Waals surface area contributed by atoms with Crippen molar-refractivity contribution in [1.29, 1.82) is 0 Å². The lowest BCUT2D eigenvalue weighted by Crippen LogP contribution is -2.29. The lowest BCUT2D eigenvalue weighted by atomic mass is 10.1. The molecule has 2 aromatic rings. The van der Waals surface area contributed by atoms with Crippen LogP contribution in [0.3, 0.4) is 0 Å². The molecule has 0 spiro atoms. The Morgan fingerprint density at radius 1 is 1.18 bits per heavy atom. The fraction of sp³-hybridized carbons (Fsp3) is 0.263. The average molecular weight is 296 g/mol. The summed E-state index contributed by atoms with van der Waals surface area (Å²) in [5.74, 6) is 0.850. The molecule has 3 nitrogen and oxygen atoms in total. The monoisotopic (exact) mass is 296 g/mol. The maximum Gasteiger partial charge on any atom is 0.120 e. The third-order valence-electron chi connectivity index (χ3n) is 3.48. The maximum absolute atomic E-state index is 6.27. The highest BCUT2D eigenvalue weighted by Gasteiger charge is 2.09. The van der Waals surface area contributed by atoms with Gasteiger partial charge in [-0.15, -0.1) is 6.58 Å². The number of hydrogen-bond acceptors (Lipinski definition) is 3. The van der Waals surface area contributed by atoms with Crippen LogP contribution in [0.15, 0.2) is 67.3 Å². The third kappa shape index (κ3) is 5.02. The average Bonchev–Trinajstić information content (AvgIpc) is 2.54. The van der Waals surface area contributed by atoms with Gasteiger partial charge in [0.15, 0.2) is 0 Å². The van der Waals surface area contributed by atoms with E-state index in [0.717, 1.165) is 30.0 Å². The highest BCUT2D eigenvalue weighted by Crippen LogP contribution is 2.19. The molecule has 0 aliphatic heterocycles. The number of benzene rings is 2. The molecule has 2 aromatic carbocycles.